The molecule has 3 aromatic rings. The minimum atomic E-state index is -4.62. The van der Waals surface area contributed by atoms with Crippen molar-refractivity contribution in [2.24, 2.45) is 0 Å². The lowest BCUT2D eigenvalue weighted by Gasteiger charge is -2.21. The Morgan fingerprint density at radius 1 is 1.11 bits per heavy atom. The fourth-order valence-corrected chi connectivity index (χ4v) is 2.96. The third kappa shape index (κ3) is 3.09. The van der Waals surface area contributed by atoms with E-state index in [0.29, 0.717) is 15.6 Å². The minimum absolute atomic E-state index is 0.0506. The smallest absolute Gasteiger partial charge is 0.433 e. The lowest BCUT2D eigenvalue weighted by atomic mass is 9.86. The monoisotopic (exact) mass is 379 g/mol. The van der Waals surface area contributed by atoms with Crippen molar-refractivity contribution in [1.29, 1.82) is 0 Å². The molecule has 0 aliphatic carbocycles. The molecular formula is C18H16F3N3O3. The summed E-state index contributed by atoms with van der Waals surface area (Å²) in [5.74, 6) is 0. The standard InChI is InChI=1S/C18H16F3N3O3/c1-17(2,3)11-5-4-6-12-14(11)23(15(25)24(12)16(26)27)10-7-8-13(22-9-10)18(19,20)21/h4-9H,1-3H3,(H,26,27). The van der Waals surface area contributed by atoms with Crippen molar-refractivity contribution >= 4 is 17.1 Å². The van der Waals surface area contributed by atoms with Gasteiger partial charge in [0.25, 0.3) is 0 Å². The number of fused-ring (bicyclic) bond motifs is 1. The van der Waals surface area contributed by atoms with Crippen LogP contribution in [0.25, 0.3) is 16.7 Å². The number of carboxylic acid groups (broad SMARTS) is 1. The van der Waals surface area contributed by atoms with Gasteiger partial charge in [-0.15, -0.1) is 0 Å². The molecule has 2 aromatic heterocycles. The van der Waals surface area contributed by atoms with Crippen LogP contribution in [0.1, 0.15) is 32.0 Å². The van der Waals surface area contributed by atoms with Gasteiger partial charge in [0.2, 0.25) is 0 Å². The summed E-state index contributed by atoms with van der Waals surface area (Å²) < 4.78 is 40.0. The molecule has 0 atom stereocenters. The molecule has 0 saturated heterocycles. The number of aromatic nitrogens is 3. The Morgan fingerprint density at radius 2 is 1.78 bits per heavy atom. The molecule has 6 nitrogen and oxygen atoms in total. The SMILES string of the molecule is CC(C)(C)c1cccc2c1n(-c1ccc(C(F)(F)F)nc1)c(=O)n2C(=O)O. The number of rotatable bonds is 1. The molecular weight excluding hydrogens is 363 g/mol. The van der Waals surface area contributed by atoms with Crippen molar-refractivity contribution in [2.45, 2.75) is 32.4 Å². The maximum absolute atomic E-state index is 12.8. The predicted molar refractivity (Wildman–Crippen MR) is 92.5 cm³/mol. The van der Waals surface area contributed by atoms with Crippen LogP contribution in [0.2, 0.25) is 0 Å². The van der Waals surface area contributed by atoms with Gasteiger partial charge in [-0.25, -0.2) is 14.6 Å². The van der Waals surface area contributed by atoms with Gasteiger partial charge in [-0.1, -0.05) is 32.9 Å². The Bertz CT molecular complexity index is 1090. The van der Waals surface area contributed by atoms with Crippen molar-refractivity contribution in [1.82, 2.24) is 14.1 Å². The van der Waals surface area contributed by atoms with Crippen LogP contribution < -0.4 is 5.69 Å². The highest BCUT2D eigenvalue weighted by Crippen LogP contribution is 2.32. The highest BCUT2D eigenvalue weighted by Gasteiger charge is 2.32. The number of imidazole rings is 1. The zero-order valence-corrected chi connectivity index (χ0v) is 14.7. The largest absolute Gasteiger partial charge is 0.464 e. The number of nitrogens with zero attached hydrogens (tertiary/aromatic N) is 3. The average Bonchev–Trinajstić information content (AvgIpc) is 2.85. The highest BCUT2D eigenvalue weighted by atomic mass is 19.4. The van der Waals surface area contributed by atoms with Crippen molar-refractivity contribution in [2.75, 3.05) is 0 Å². The van der Waals surface area contributed by atoms with E-state index in [0.717, 1.165) is 22.9 Å². The molecule has 1 N–H and O–H groups in total. The molecule has 2 heterocycles. The summed E-state index contributed by atoms with van der Waals surface area (Å²) in [6.45, 7) is 5.67. The van der Waals surface area contributed by atoms with E-state index in [1.165, 1.54) is 6.07 Å². The Labute approximate surface area is 151 Å². The Balaban J connectivity index is 2.41. The van der Waals surface area contributed by atoms with E-state index in [2.05, 4.69) is 4.98 Å². The van der Waals surface area contributed by atoms with E-state index in [1.807, 2.05) is 20.8 Å². The van der Waals surface area contributed by atoms with Gasteiger partial charge in [0.05, 0.1) is 22.9 Å². The van der Waals surface area contributed by atoms with E-state index in [-0.39, 0.29) is 11.2 Å². The summed E-state index contributed by atoms with van der Waals surface area (Å²) in [4.78, 5) is 27.8. The lowest BCUT2D eigenvalue weighted by molar-refractivity contribution is -0.141. The summed E-state index contributed by atoms with van der Waals surface area (Å²) in [6.07, 6.45) is -5.18. The first-order valence-electron chi connectivity index (χ1n) is 7.97. The zero-order chi connectivity index (χ0) is 20.1. The van der Waals surface area contributed by atoms with E-state index in [1.54, 1.807) is 12.1 Å². The zero-order valence-electron chi connectivity index (χ0n) is 14.7. The molecule has 0 radical (unpaired) electrons. The highest BCUT2D eigenvalue weighted by molar-refractivity contribution is 5.89. The average molecular weight is 379 g/mol. The third-order valence-electron chi connectivity index (χ3n) is 4.16. The molecule has 0 amide bonds. The van der Waals surface area contributed by atoms with Gasteiger partial charge in [-0.3, -0.25) is 4.57 Å². The molecule has 0 spiro atoms. The number of para-hydroxylation sites is 1. The first-order chi connectivity index (χ1) is 12.4. The maximum Gasteiger partial charge on any atom is 0.433 e. The summed E-state index contributed by atoms with van der Waals surface area (Å²) in [6, 6.07) is 6.72. The molecule has 142 valence electrons. The lowest BCUT2D eigenvalue weighted by Crippen LogP contribution is -2.27. The molecule has 1 aromatic carbocycles. The van der Waals surface area contributed by atoms with E-state index in [9.17, 15) is 27.9 Å². The fourth-order valence-electron chi connectivity index (χ4n) is 2.96. The molecule has 3 rings (SSSR count). The Kier molecular flexibility index (Phi) is 4.13. The molecule has 0 unspecified atom stereocenters. The molecule has 0 saturated carbocycles. The fraction of sp³-hybridized carbons (Fsp3) is 0.278. The van der Waals surface area contributed by atoms with Gasteiger partial charge in [-0.05, 0) is 29.2 Å². The number of alkyl halides is 3. The molecule has 0 aliphatic rings. The van der Waals surface area contributed by atoms with Crippen LogP contribution in [0.5, 0.6) is 0 Å². The molecule has 0 aliphatic heterocycles. The van der Waals surface area contributed by atoms with Crippen molar-refractivity contribution in [3.05, 3.63) is 58.3 Å². The van der Waals surface area contributed by atoms with E-state index in [4.69, 9.17) is 0 Å². The van der Waals surface area contributed by atoms with E-state index < -0.39 is 29.1 Å². The van der Waals surface area contributed by atoms with Crippen LogP contribution in [0, 0.1) is 0 Å². The summed E-state index contributed by atoms with van der Waals surface area (Å²) in [5.41, 5.74) is -1.24. The second-order valence-electron chi connectivity index (χ2n) is 7.06. The minimum Gasteiger partial charge on any atom is -0.464 e. The van der Waals surface area contributed by atoms with Gasteiger partial charge >= 0.3 is 18.0 Å². The number of carbonyl (C=O) groups is 1. The summed E-state index contributed by atoms with van der Waals surface area (Å²) in [7, 11) is 0. The van der Waals surface area contributed by atoms with Crippen LogP contribution in [0.15, 0.2) is 41.3 Å². The Hall–Kier alpha value is -3.10. The predicted octanol–water partition coefficient (Wildman–Crippen LogP) is 4.03. The number of halogens is 3. The quantitative estimate of drug-likeness (QED) is 0.693. The first kappa shape index (κ1) is 18.7. The van der Waals surface area contributed by atoms with Crippen molar-refractivity contribution in [3.8, 4) is 5.69 Å². The number of hydrogen-bond acceptors (Lipinski definition) is 3. The number of benzene rings is 1. The molecule has 0 fully saturated rings. The van der Waals surface area contributed by atoms with Crippen LogP contribution >= 0.6 is 0 Å². The van der Waals surface area contributed by atoms with Gasteiger partial charge in [0, 0.05) is 0 Å². The van der Waals surface area contributed by atoms with Crippen molar-refractivity contribution < 1.29 is 23.1 Å². The van der Waals surface area contributed by atoms with Crippen LogP contribution in [-0.2, 0) is 11.6 Å². The first-order valence-corrected chi connectivity index (χ1v) is 7.97. The van der Waals surface area contributed by atoms with Crippen LogP contribution in [0.3, 0.4) is 0 Å². The molecule has 9 heteroatoms. The number of pyridine rings is 1. The normalized spacial score (nSPS) is 12.5. The molecule has 0 bridgehead atoms. The van der Waals surface area contributed by atoms with E-state index >= 15 is 0 Å². The van der Waals surface area contributed by atoms with Crippen LogP contribution in [0.4, 0.5) is 18.0 Å². The maximum atomic E-state index is 12.8. The number of hydrogen-bond donors (Lipinski definition) is 1. The second-order valence-corrected chi connectivity index (χ2v) is 7.06. The summed E-state index contributed by atoms with van der Waals surface area (Å²) in [5, 5.41) is 9.45. The summed E-state index contributed by atoms with van der Waals surface area (Å²) >= 11 is 0. The van der Waals surface area contributed by atoms with Gasteiger partial charge < -0.3 is 5.11 Å². The van der Waals surface area contributed by atoms with Gasteiger partial charge in [-0.2, -0.15) is 17.7 Å². The van der Waals surface area contributed by atoms with Crippen molar-refractivity contribution in [3.63, 3.8) is 0 Å². The Morgan fingerprint density at radius 3 is 2.26 bits per heavy atom. The topological polar surface area (TPSA) is 77.1 Å². The van der Waals surface area contributed by atoms with Gasteiger partial charge in [0.1, 0.15) is 5.69 Å². The molecule has 27 heavy (non-hydrogen) atoms. The van der Waals surface area contributed by atoms with Crippen LogP contribution in [-0.4, -0.2) is 25.3 Å². The van der Waals surface area contributed by atoms with Gasteiger partial charge in [0.15, 0.2) is 0 Å². The third-order valence-corrected chi connectivity index (χ3v) is 4.16. The second kappa shape index (κ2) is 5.97.